The fourth-order valence-corrected chi connectivity index (χ4v) is 4.93. The standard InChI is InChI=1S/C19H20N2O2/c1-23-19(22)11-8-12-10-21-7-6-14-13-4-2-3-5-16(13)20-17(14)18(21)15(12)9-11/h2-5,9,12,15,18,20H,6-8,10H2,1H3. The van der Waals surface area contributed by atoms with Gasteiger partial charge in [0, 0.05) is 41.2 Å². The summed E-state index contributed by atoms with van der Waals surface area (Å²) >= 11 is 0. The monoisotopic (exact) mass is 308 g/mol. The van der Waals surface area contributed by atoms with Crippen LogP contribution in [0.5, 0.6) is 0 Å². The Morgan fingerprint density at radius 2 is 2.22 bits per heavy atom. The Bertz CT molecular complexity index is 835. The molecular weight excluding hydrogens is 288 g/mol. The van der Waals surface area contributed by atoms with E-state index in [0.717, 1.165) is 31.5 Å². The van der Waals surface area contributed by atoms with Gasteiger partial charge in [-0.25, -0.2) is 4.79 Å². The van der Waals surface area contributed by atoms with E-state index in [1.807, 2.05) is 0 Å². The highest BCUT2D eigenvalue weighted by Gasteiger charge is 2.48. The molecule has 118 valence electrons. The summed E-state index contributed by atoms with van der Waals surface area (Å²) in [7, 11) is 1.47. The Morgan fingerprint density at radius 3 is 3.09 bits per heavy atom. The lowest BCUT2D eigenvalue weighted by atomic mass is 9.88. The Morgan fingerprint density at radius 1 is 1.35 bits per heavy atom. The van der Waals surface area contributed by atoms with Crippen LogP contribution >= 0.6 is 0 Å². The van der Waals surface area contributed by atoms with Crippen LogP contribution in [0.4, 0.5) is 0 Å². The van der Waals surface area contributed by atoms with Crippen LogP contribution in [0, 0.1) is 11.8 Å². The molecule has 1 saturated heterocycles. The van der Waals surface area contributed by atoms with Gasteiger partial charge in [0.25, 0.3) is 0 Å². The normalized spacial score (nSPS) is 29.1. The zero-order chi connectivity index (χ0) is 15.6. The lowest BCUT2D eigenvalue weighted by molar-refractivity contribution is -0.136. The summed E-state index contributed by atoms with van der Waals surface area (Å²) in [5.74, 6) is 0.821. The van der Waals surface area contributed by atoms with Gasteiger partial charge < -0.3 is 9.72 Å². The molecule has 4 heteroatoms. The van der Waals surface area contributed by atoms with Crippen molar-refractivity contribution in [3.63, 3.8) is 0 Å². The first-order chi connectivity index (χ1) is 11.3. The molecule has 3 heterocycles. The second-order valence-electron chi connectivity index (χ2n) is 6.98. The minimum absolute atomic E-state index is 0.154. The second kappa shape index (κ2) is 4.71. The molecule has 1 aromatic heterocycles. The zero-order valence-corrected chi connectivity index (χ0v) is 13.2. The van der Waals surface area contributed by atoms with Gasteiger partial charge in [-0.3, -0.25) is 4.90 Å². The molecule has 3 aliphatic rings. The summed E-state index contributed by atoms with van der Waals surface area (Å²) < 4.78 is 4.92. The number of nitrogens with one attached hydrogen (secondary N) is 1. The number of hydrogen-bond acceptors (Lipinski definition) is 3. The number of fused-ring (bicyclic) bond motifs is 7. The maximum absolute atomic E-state index is 11.9. The molecule has 5 rings (SSSR count). The molecule has 1 N–H and O–H groups in total. The molecule has 0 bridgehead atoms. The molecule has 1 fully saturated rings. The number of hydrogen-bond donors (Lipinski definition) is 1. The van der Waals surface area contributed by atoms with Crippen LogP contribution in [0.3, 0.4) is 0 Å². The number of ether oxygens (including phenoxy) is 1. The zero-order valence-electron chi connectivity index (χ0n) is 13.2. The predicted molar refractivity (Wildman–Crippen MR) is 88.0 cm³/mol. The first-order valence-electron chi connectivity index (χ1n) is 8.39. The van der Waals surface area contributed by atoms with Crippen LogP contribution in [-0.4, -0.2) is 36.1 Å². The molecule has 1 aromatic carbocycles. The maximum Gasteiger partial charge on any atom is 0.333 e. The quantitative estimate of drug-likeness (QED) is 0.824. The van der Waals surface area contributed by atoms with Crippen LogP contribution in [0.25, 0.3) is 10.9 Å². The molecule has 0 radical (unpaired) electrons. The largest absolute Gasteiger partial charge is 0.466 e. The van der Waals surface area contributed by atoms with Gasteiger partial charge in [0.05, 0.1) is 13.2 Å². The molecule has 4 nitrogen and oxygen atoms in total. The van der Waals surface area contributed by atoms with Crippen LogP contribution < -0.4 is 0 Å². The van der Waals surface area contributed by atoms with Crippen molar-refractivity contribution in [2.45, 2.75) is 18.9 Å². The van der Waals surface area contributed by atoms with Crippen molar-refractivity contribution in [1.29, 1.82) is 0 Å². The van der Waals surface area contributed by atoms with Crippen LogP contribution in [0.15, 0.2) is 35.9 Å². The predicted octanol–water partition coefficient (Wildman–Crippen LogP) is 2.82. The molecule has 23 heavy (non-hydrogen) atoms. The average Bonchev–Trinajstić information content (AvgIpc) is 3.23. The SMILES string of the molecule is COC(=O)C1=CC2C(C1)CN1CCc3c([nH]c4ccccc34)C21. The van der Waals surface area contributed by atoms with Gasteiger partial charge in [0.1, 0.15) is 0 Å². The Labute approximate surface area is 135 Å². The molecule has 3 atom stereocenters. The fourth-order valence-electron chi connectivity index (χ4n) is 4.93. The number of aromatic nitrogens is 1. The van der Waals surface area contributed by atoms with Gasteiger partial charge in [-0.05, 0) is 30.4 Å². The third-order valence-electron chi connectivity index (χ3n) is 5.89. The number of rotatable bonds is 1. The molecule has 1 aliphatic carbocycles. The number of esters is 1. The number of methoxy groups -OCH3 is 1. The Kier molecular flexibility index (Phi) is 2.74. The summed E-state index contributed by atoms with van der Waals surface area (Å²) in [6.45, 7) is 2.20. The van der Waals surface area contributed by atoms with E-state index in [-0.39, 0.29) is 5.97 Å². The van der Waals surface area contributed by atoms with Crippen molar-refractivity contribution in [3.05, 3.63) is 47.2 Å². The lowest BCUT2D eigenvalue weighted by Gasteiger charge is -2.31. The Hall–Kier alpha value is -2.07. The summed E-state index contributed by atoms with van der Waals surface area (Å²) in [6, 6.07) is 8.97. The van der Waals surface area contributed by atoms with Crippen molar-refractivity contribution < 1.29 is 9.53 Å². The van der Waals surface area contributed by atoms with Crippen molar-refractivity contribution in [2.75, 3.05) is 20.2 Å². The number of carbonyl (C=O) groups is 1. The minimum atomic E-state index is -0.154. The molecule has 2 aliphatic heterocycles. The first-order valence-corrected chi connectivity index (χ1v) is 8.39. The van der Waals surface area contributed by atoms with Gasteiger partial charge in [-0.2, -0.15) is 0 Å². The van der Waals surface area contributed by atoms with Crippen molar-refractivity contribution >= 4 is 16.9 Å². The topological polar surface area (TPSA) is 45.3 Å². The van der Waals surface area contributed by atoms with E-state index in [4.69, 9.17) is 4.74 Å². The minimum Gasteiger partial charge on any atom is -0.466 e. The lowest BCUT2D eigenvalue weighted by Crippen LogP contribution is -2.32. The average molecular weight is 308 g/mol. The van der Waals surface area contributed by atoms with E-state index in [9.17, 15) is 4.79 Å². The molecular formula is C19H20N2O2. The third kappa shape index (κ3) is 1.78. The molecule has 2 aromatic rings. The number of aromatic amines is 1. The Balaban J connectivity index is 1.60. The van der Waals surface area contributed by atoms with Gasteiger partial charge in [0.15, 0.2) is 0 Å². The number of para-hydroxylation sites is 1. The van der Waals surface area contributed by atoms with E-state index in [1.165, 1.54) is 29.3 Å². The van der Waals surface area contributed by atoms with Crippen molar-refractivity contribution in [3.8, 4) is 0 Å². The highest BCUT2D eigenvalue weighted by molar-refractivity contribution is 5.89. The van der Waals surface area contributed by atoms with Gasteiger partial charge in [-0.1, -0.05) is 24.3 Å². The second-order valence-corrected chi connectivity index (χ2v) is 6.98. The van der Waals surface area contributed by atoms with Crippen molar-refractivity contribution in [1.82, 2.24) is 9.88 Å². The molecule has 0 amide bonds. The first kappa shape index (κ1) is 13.4. The smallest absolute Gasteiger partial charge is 0.333 e. The van der Waals surface area contributed by atoms with Crippen molar-refractivity contribution in [2.24, 2.45) is 11.8 Å². The summed E-state index contributed by atoms with van der Waals surface area (Å²) in [6.07, 6.45) is 4.16. The van der Waals surface area contributed by atoms with E-state index in [2.05, 4.69) is 40.2 Å². The number of carbonyl (C=O) groups excluding carboxylic acids is 1. The summed E-state index contributed by atoms with van der Waals surface area (Å²) in [5, 5.41) is 1.36. The molecule has 0 saturated carbocycles. The van der Waals surface area contributed by atoms with E-state index < -0.39 is 0 Å². The number of benzene rings is 1. The van der Waals surface area contributed by atoms with E-state index in [1.54, 1.807) is 0 Å². The van der Waals surface area contributed by atoms with Crippen LogP contribution in [0.1, 0.15) is 23.7 Å². The molecule has 3 unspecified atom stereocenters. The van der Waals surface area contributed by atoms with E-state index >= 15 is 0 Å². The number of nitrogens with zero attached hydrogens (tertiary/aromatic N) is 1. The fraction of sp³-hybridized carbons (Fsp3) is 0.421. The van der Waals surface area contributed by atoms with Crippen LogP contribution in [-0.2, 0) is 16.0 Å². The highest BCUT2D eigenvalue weighted by Crippen LogP contribution is 2.51. The summed E-state index contributed by atoms with van der Waals surface area (Å²) in [5.41, 5.74) is 4.94. The highest BCUT2D eigenvalue weighted by atomic mass is 16.5. The van der Waals surface area contributed by atoms with Gasteiger partial charge in [-0.15, -0.1) is 0 Å². The number of H-pyrrole nitrogens is 1. The maximum atomic E-state index is 11.9. The summed E-state index contributed by atoms with van der Waals surface area (Å²) in [4.78, 5) is 18.1. The van der Waals surface area contributed by atoms with E-state index in [0.29, 0.717) is 17.9 Å². The van der Waals surface area contributed by atoms with Crippen LogP contribution in [0.2, 0.25) is 0 Å². The van der Waals surface area contributed by atoms with Gasteiger partial charge in [0.2, 0.25) is 0 Å². The third-order valence-corrected chi connectivity index (χ3v) is 5.89. The van der Waals surface area contributed by atoms with Gasteiger partial charge >= 0.3 is 5.97 Å². The molecule has 0 spiro atoms.